The van der Waals surface area contributed by atoms with Gasteiger partial charge in [-0.1, -0.05) is 60.5 Å². The van der Waals surface area contributed by atoms with E-state index in [0.717, 1.165) is 0 Å². The summed E-state index contributed by atoms with van der Waals surface area (Å²) in [5.41, 5.74) is 4.19. The van der Waals surface area contributed by atoms with Crippen molar-refractivity contribution in [1.29, 1.82) is 0 Å². The zero-order valence-corrected chi connectivity index (χ0v) is 12.4. The highest BCUT2D eigenvalue weighted by atomic mass is 35.5. The van der Waals surface area contributed by atoms with Crippen LogP contribution in [0.5, 0.6) is 0 Å². The molecule has 3 rings (SSSR count). The quantitative estimate of drug-likeness (QED) is 0.602. The van der Waals surface area contributed by atoms with Crippen LogP contribution in [-0.2, 0) is 0 Å². The topological polar surface area (TPSA) is 0 Å². The van der Waals surface area contributed by atoms with Crippen LogP contribution in [-0.4, -0.2) is 0 Å². The first kappa shape index (κ1) is 13.0. The van der Waals surface area contributed by atoms with Crippen molar-refractivity contribution in [2.24, 2.45) is 0 Å². The molecule has 0 saturated carbocycles. The Morgan fingerprint density at radius 1 is 0.895 bits per heavy atom. The number of fused-ring (bicyclic) bond motifs is 1. The van der Waals surface area contributed by atoms with E-state index in [4.69, 9.17) is 23.2 Å². The van der Waals surface area contributed by atoms with Crippen molar-refractivity contribution < 1.29 is 0 Å². The Bertz CT molecular complexity index is 604. The Kier molecular flexibility index (Phi) is 3.56. The molecular weight excluding hydrogens is 275 g/mol. The lowest BCUT2D eigenvalue weighted by Crippen LogP contribution is -2.13. The lowest BCUT2D eigenvalue weighted by molar-refractivity contribution is 0.545. The van der Waals surface area contributed by atoms with Gasteiger partial charge in [-0.3, -0.25) is 0 Å². The maximum atomic E-state index is 6.16. The molecule has 1 unspecified atom stereocenters. The fourth-order valence-corrected chi connectivity index (χ4v) is 3.39. The monoisotopic (exact) mass is 290 g/mol. The number of hydrogen-bond acceptors (Lipinski definition) is 0. The minimum absolute atomic E-state index is 0.446. The van der Waals surface area contributed by atoms with Gasteiger partial charge in [-0.15, -0.1) is 0 Å². The second kappa shape index (κ2) is 5.19. The van der Waals surface area contributed by atoms with Crippen LogP contribution in [0.15, 0.2) is 42.5 Å². The SMILES string of the molecule is CC1CC[C@@H](c2ccc(Cl)c(Cl)c2)c2ccccc21. The summed E-state index contributed by atoms with van der Waals surface area (Å²) in [6, 6.07) is 14.8. The van der Waals surface area contributed by atoms with Crippen molar-refractivity contribution in [3.63, 3.8) is 0 Å². The molecule has 0 nitrogen and oxygen atoms in total. The second-order valence-corrected chi connectivity index (χ2v) is 6.15. The van der Waals surface area contributed by atoms with E-state index in [1.807, 2.05) is 12.1 Å². The first-order chi connectivity index (χ1) is 9.16. The molecule has 1 aliphatic carbocycles. The van der Waals surface area contributed by atoms with Crippen LogP contribution in [0.1, 0.15) is 48.3 Å². The molecule has 0 spiro atoms. The summed E-state index contributed by atoms with van der Waals surface area (Å²) >= 11 is 12.2. The van der Waals surface area contributed by atoms with Crippen LogP contribution in [0.4, 0.5) is 0 Å². The third-order valence-corrected chi connectivity index (χ3v) is 4.88. The summed E-state index contributed by atoms with van der Waals surface area (Å²) in [6.45, 7) is 2.31. The Morgan fingerprint density at radius 3 is 2.37 bits per heavy atom. The average Bonchev–Trinajstić information content (AvgIpc) is 2.43. The van der Waals surface area contributed by atoms with Crippen LogP contribution in [0, 0.1) is 0 Å². The van der Waals surface area contributed by atoms with Crippen molar-refractivity contribution in [2.45, 2.75) is 31.6 Å². The highest BCUT2D eigenvalue weighted by Crippen LogP contribution is 2.42. The minimum atomic E-state index is 0.446. The van der Waals surface area contributed by atoms with Gasteiger partial charge in [0.1, 0.15) is 0 Å². The predicted molar refractivity (Wildman–Crippen MR) is 82.4 cm³/mol. The molecule has 1 aliphatic rings. The first-order valence-electron chi connectivity index (χ1n) is 6.70. The Hall–Kier alpha value is -0.980. The molecule has 0 amide bonds. The number of benzene rings is 2. The van der Waals surface area contributed by atoms with Gasteiger partial charge in [-0.05, 0) is 47.6 Å². The lowest BCUT2D eigenvalue weighted by Gasteiger charge is -2.30. The third kappa shape index (κ3) is 2.40. The van der Waals surface area contributed by atoms with Crippen LogP contribution in [0.2, 0.25) is 10.0 Å². The van der Waals surface area contributed by atoms with Gasteiger partial charge in [0.2, 0.25) is 0 Å². The zero-order valence-electron chi connectivity index (χ0n) is 10.9. The Morgan fingerprint density at radius 2 is 1.63 bits per heavy atom. The minimum Gasteiger partial charge on any atom is -0.0827 e. The Balaban J connectivity index is 2.07. The van der Waals surface area contributed by atoms with Crippen molar-refractivity contribution in [2.75, 3.05) is 0 Å². The summed E-state index contributed by atoms with van der Waals surface area (Å²) in [6.07, 6.45) is 2.40. The average molecular weight is 291 g/mol. The molecule has 0 aliphatic heterocycles. The molecule has 98 valence electrons. The van der Waals surface area contributed by atoms with Crippen LogP contribution >= 0.6 is 23.2 Å². The van der Waals surface area contributed by atoms with Gasteiger partial charge in [-0.25, -0.2) is 0 Å². The van der Waals surface area contributed by atoms with E-state index in [1.165, 1.54) is 29.5 Å². The second-order valence-electron chi connectivity index (χ2n) is 5.33. The van der Waals surface area contributed by atoms with E-state index >= 15 is 0 Å². The van der Waals surface area contributed by atoms with Gasteiger partial charge >= 0.3 is 0 Å². The molecule has 0 bridgehead atoms. The zero-order chi connectivity index (χ0) is 13.4. The van der Waals surface area contributed by atoms with Crippen molar-refractivity contribution in [1.82, 2.24) is 0 Å². The van der Waals surface area contributed by atoms with Gasteiger partial charge < -0.3 is 0 Å². The molecule has 0 saturated heterocycles. The lowest BCUT2D eigenvalue weighted by atomic mass is 9.75. The van der Waals surface area contributed by atoms with Crippen molar-refractivity contribution in [3.05, 3.63) is 69.2 Å². The smallest absolute Gasteiger partial charge is 0.0595 e. The van der Waals surface area contributed by atoms with E-state index in [9.17, 15) is 0 Å². The largest absolute Gasteiger partial charge is 0.0827 e. The van der Waals surface area contributed by atoms with E-state index < -0.39 is 0 Å². The highest BCUT2D eigenvalue weighted by Gasteiger charge is 2.25. The number of hydrogen-bond donors (Lipinski definition) is 0. The molecular formula is C17H16Cl2. The summed E-state index contributed by atoms with van der Waals surface area (Å²) in [5.74, 6) is 1.09. The first-order valence-corrected chi connectivity index (χ1v) is 7.46. The van der Waals surface area contributed by atoms with Crippen LogP contribution in [0.25, 0.3) is 0 Å². The van der Waals surface area contributed by atoms with Gasteiger partial charge in [0.05, 0.1) is 10.0 Å². The van der Waals surface area contributed by atoms with Gasteiger partial charge in [0.15, 0.2) is 0 Å². The molecule has 0 heterocycles. The normalized spacial score (nSPS) is 22.1. The van der Waals surface area contributed by atoms with E-state index in [2.05, 4.69) is 37.3 Å². The van der Waals surface area contributed by atoms with Gasteiger partial charge in [0.25, 0.3) is 0 Å². The molecule has 2 atom stereocenters. The molecule has 2 heteroatoms. The molecule has 0 aromatic heterocycles. The van der Waals surface area contributed by atoms with Gasteiger partial charge in [-0.2, -0.15) is 0 Å². The fraction of sp³-hybridized carbons (Fsp3) is 0.294. The molecule has 0 N–H and O–H groups in total. The standard InChI is InChI=1S/C17H16Cl2/c1-11-6-8-14(15-5-3-2-4-13(11)15)12-7-9-16(18)17(19)10-12/h2-5,7,9-11,14H,6,8H2,1H3/t11?,14-/m0/s1. The highest BCUT2D eigenvalue weighted by molar-refractivity contribution is 6.42. The Labute approximate surface area is 124 Å². The molecule has 0 fully saturated rings. The van der Waals surface area contributed by atoms with Crippen LogP contribution in [0.3, 0.4) is 0 Å². The molecule has 2 aromatic rings. The van der Waals surface area contributed by atoms with Crippen LogP contribution < -0.4 is 0 Å². The van der Waals surface area contributed by atoms with Crippen molar-refractivity contribution >= 4 is 23.2 Å². The fourth-order valence-electron chi connectivity index (χ4n) is 3.08. The molecule has 0 radical (unpaired) electrons. The van der Waals surface area contributed by atoms with E-state index in [0.29, 0.717) is 21.9 Å². The third-order valence-electron chi connectivity index (χ3n) is 4.14. The summed E-state index contributed by atoms with van der Waals surface area (Å²) in [4.78, 5) is 0. The summed E-state index contributed by atoms with van der Waals surface area (Å²) in [5, 5.41) is 1.28. The number of halogens is 2. The van der Waals surface area contributed by atoms with Crippen molar-refractivity contribution in [3.8, 4) is 0 Å². The maximum absolute atomic E-state index is 6.16. The van der Waals surface area contributed by atoms with Gasteiger partial charge in [0, 0.05) is 5.92 Å². The van der Waals surface area contributed by atoms with E-state index in [1.54, 1.807) is 0 Å². The summed E-state index contributed by atoms with van der Waals surface area (Å²) < 4.78 is 0. The molecule has 2 aromatic carbocycles. The summed E-state index contributed by atoms with van der Waals surface area (Å²) in [7, 11) is 0. The number of rotatable bonds is 1. The molecule has 19 heavy (non-hydrogen) atoms. The maximum Gasteiger partial charge on any atom is 0.0595 e. The van der Waals surface area contributed by atoms with E-state index in [-0.39, 0.29) is 0 Å². The predicted octanol–water partition coefficient (Wildman–Crippen LogP) is 6.02.